The maximum atomic E-state index is 11.8. The van der Waals surface area contributed by atoms with Crippen molar-refractivity contribution in [3.63, 3.8) is 0 Å². The highest BCUT2D eigenvalue weighted by Gasteiger charge is 2.20. The van der Waals surface area contributed by atoms with Crippen molar-refractivity contribution in [2.24, 2.45) is 5.92 Å². The van der Waals surface area contributed by atoms with E-state index in [-0.39, 0.29) is 5.91 Å². The summed E-state index contributed by atoms with van der Waals surface area (Å²) in [5.41, 5.74) is 3.56. The van der Waals surface area contributed by atoms with E-state index in [2.05, 4.69) is 39.9 Å². The highest BCUT2D eigenvalue weighted by Crippen LogP contribution is 2.28. The van der Waals surface area contributed by atoms with E-state index >= 15 is 0 Å². The second kappa shape index (κ2) is 6.60. The molecular weight excluding hydrogens is 274 g/mol. The van der Waals surface area contributed by atoms with Crippen LogP contribution in [0, 0.1) is 5.92 Å². The van der Waals surface area contributed by atoms with Crippen LogP contribution < -0.4 is 10.6 Å². The van der Waals surface area contributed by atoms with Gasteiger partial charge in [-0.3, -0.25) is 4.79 Å². The van der Waals surface area contributed by atoms with Gasteiger partial charge >= 0.3 is 0 Å². The Bertz CT molecular complexity index is 644. The molecule has 0 radical (unpaired) electrons. The first-order valence-corrected chi connectivity index (χ1v) is 7.75. The lowest BCUT2D eigenvalue weighted by Crippen LogP contribution is -2.21. The van der Waals surface area contributed by atoms with E-state index < -0.39 is 0 Å². The molecule has 2 N–H and O–H groups in total. The van der Waals surface area contributed by atoms with Gasteiger partial charge in [-0.15, -0.1) is 0 Å². The molecule has 2 aromatic rings. The Hall–Kier alpha value is -2.36. The minimum absolute atomic E-state index is 0.108. The summed E-state index contributed by atoms with van der Waals surface area (Å²) in [4.78, 5) is 16.1. The Morgan fingerprint density at radius 3 is 2.59 bits per heavy atom. The van der Waals surface area contributed by atoms with Crippen molar-refractivity contribution in [2.75, 3.05) is 18.9 Å². The van der Waals surface area contributed by atoms with Gasteiger partial charge in [0.05, 0.1) is 5.56 Å². The number of nitrogens with one attached hydrogen (secondary N) is 2. The van der Waals surface area contributed by atoms with Crippen LogP contribution in [0.4, 0.5) is 5.82 Å². The molecule has 0 spiro atoms. The molecule has 3 rings (SSSR count). The third kappa shape index (κ3) is 3.11. The van der Waals surface area contributed by atoms with E-state index in [1.54, 1.807) is 25.4 Å². The number of hydrogen-bond donors (Lipinski definition) is 2. The monoisotopic (exact) mass is 295 g/mol. The normalized spacial score (nSPS) is 13.7. The van der Waals surface area contributed by atoms with Gasteiger partial charge in [0.2, 0.25) is 0 Å². The van der Waals surface area contributed by atoms with Crippen LogP contribution in [0.2, 0.25) is 0 Å². The van der Waals surface area contributed by atoms with E-state index in [1.165, 1.54) is 11.1 Å². The summed E-state index contributed by atoms with van der Waals surface area (Å²) in [7, 11) is 1.63. The zero-order valence-corrected chi connectivity index (χ0v) is 12.8. The maximum Gasteiger partial charge on any atom is 0.254 e. The lowest BCUT2D eigenvalue weighted by Gasteiger charge is -2.12. The van der Waals surface area contributed by atoms with Gasteiger partial charge in [0.15, 0.2) is 0 Å². The molecule has 4 heteroatoms. The fraction of sp³-hybridized carbons (Fsp3) is 0.333. The Kier molecular flexibility index (Phi) is 4.37. The van der Waals surface area contributed by atoms with Crippen molar-refractivity contribution in [3.8, 4) is 0 Å². The zero-order valence-electron chi connectivity index (χ0n) is 12.8. The minimum atomic E-state index is -0.108. The van der Waals surface area contributed by atoms with Crippen molar-refractivity contribution >= 4 is 11.7 Å². The molecule has 1 aromatic carbocycles. The minimum Gasteiger partial charge on any atom is -0.369 e. The van der Waals surface area contributed by atoms with E-state index in [4.69, 9.17) is 0 Å². The van der Waals surface area contributed by atoms with Gasteiger partial charge in [0, 0.05) is 19.8 Å². The predicted octanol–water partition coefficient (Wildman–Crippen LogP) is 2.66. The maximum absolute atomic E-state index is 11.8. The number of carbonyl (C=O) groups excluding carboxylic acids is 1. The Morgan fingerprint density at radius 2 is 1.91 bits per heavy atom. The lowest BCUT2D eigenvalue weighted by molar-refractivity contribution is 0.0963. The molecule has 1 aromatic heterocycles. The van der Waals surface area contributed by atoms with Gasteiger partial charge in [-0.1, -0.05) is 24.3 Å². The number of nitrogens with zero attached hydrogens (tertiary/aromatic N) is 1. The number of fused-ring (bicyclic) bond motifs is 1. The van der Waals surface area contributed by atoms with Gasteiger partial charge < -0.3 is 10.6 Å². The van der Waals surface area contributed by atoms with Gasteiger partial charge in [0.1, 0.15) is 5.82 Å². The number of rotatable bonds is 5. The second-order valence-electron chi connectivity index (χ2n) is 5.74. The average Bonchev–Trinajstić information content (AvgIpc) is 2.97. The van der Waals surface area contributed by atoms with Gasteiger partial charge in [0.25, 0.3) is 5.91 Å². The Labute approximate surface area is 131 Å². The zero-order chi connectivity index (χ0) is 15.4. The van der Waals surface area contributed by atoms with Gasteiger partial charge in [-0.25, -0.2) is 4.98 Å². The number of pyridine rings is 1. The standard InChI is InChI=1S/C18H21N3O/c1-19-18(22)16-7-4-9-20-17(16)21-10-8-13-11-14-5-2-3-6-15(14)12-13/h2-7,9,13H,8,10-12H2,1H3,(H,19,22)(H,20,21). The fourth-order valence-corrected chi connectivity index (χ4v) is 3.11. The van der Waals surface area contributed by atoms with Gasteiger partial charge in [-0.05, 0) is 48.4 Å². The van der Waals surface area contributed by atoms with Crippen LogP contribution in [-0.4, -0.2) is 24.5 Å². The van der Waals surface area contributed by atoms with Crippen molar-refractivity contribution in [2.45, 2.75) is 19.3 Å². The first-order chi connectivity index (χ1) is 10.8. The predicted molar refractivity (Wildman–Crippen MR) is 88.1 cm³/mol. The average molecular weight is 295 g/mol. The van der Waals surface area contributed by atoms with E-state index in [1.807, 2.05) is 0 Å². The van der Waals surface area contributed by atoms with Crippen LogP contribution in [-0.2, 0) is 12.8 Å². The smallest absolute Gasteiger partial charge is 0.254 e. The number of hydrogen-bond acceptors (Lipinski definition) is 3. The largest absolute Gasteiger partial charge is 0.369 e. The summed E-state index contributed by atoms with van der Waals surface area (Å²) in [6.45, 7) is 0.833. The van der Waals surface area contributed by atoms with Gasteiger partial charge in [-0.2, -0.15) is 0 Å². The Balaban J connectivity index is 1.56. The molecule has 114 valence electrons. The van der Waals surface area contributed by atoms with Crippen LogP contribution in [0.5, 0.6) is 0 Å². The van der Waals surface area contributed by atoms with E-state index in [0.717, 1.165) is 25.8 Å². The number of carbonyl (C=O) groups is 1. The topological polar surface area (TPSA) is 54.0 Å². The third-order valence-electron chi connectivity index (χ3n) is 4.26. The summed E-state index contributed by atoms with van der Waals surface area (Å²) in [6, 6.07) is 12.3. The van der Waals surface area contributed by atoms with Crippen molar-refractivity contribution < 1.29 is 4.79 Å². The third-order valence-corrected chi connectivity index (χ3v) is 4.26. The Morgan fingerprint density at radius 1 is 1.18 bits per heavy atom. The summed E-state index contributed by atoms with van der Waals surface area (Å²) < 4.78 is 0. The molecule has 1 heterocycles. The highest BCUT2D eigenvalue weighted by atomic mass is 16.1. The first-order valence-electron chi connectivity index (χ1n) is 7.75. The number of amides is 1. The summed E-state index contributed by atoms with van der Waals surface area (Å²) in [5.74, 6) is 1.23. The number of anilines is 1. The van der Waals surface area contributed by atoms with Crippen molar-refractivity contribution in [3.05, 3.63) is 59.3 Å². The molecule has 1 amide bonds. The molecule has 1 aliphatic rings. The lowest BCUT2D eigenvalue weighted by atomic mass is 10.0. The van der Waals surface area contributed by atoms with E-state index in [9.17, 15) is 4.79 Å². The molecule has 0 saturated heterocycles. The van der Waals surface area contributed by atoms with Crippen LogP contribution >= 0.6 is 0 Å². The molecule has 22 heavy (non-hydrogen) atoms. The van der Waals surface area contributed by atoms with Crippen molar-refractivity contribution in [1.82, 2.24) is 10.3 Å². The molecule has 0 fully saturated rings. The highest BCUT2D eigenvalue weighted by molar-refractivity contribution is 5.98. The molecule has 0 aliphatic heterocycles. The molecule has 0 unspecified atom stereocenters. The molecule has 0 atom stereocenters. The molecule has 4 nitrogen and oxygen atoms in total. The first kappa shape index (κ1) is 14.6. The molecular formula is C18H21N3O. The van der Waals surface area contributed by atoms with Crippen LogP contribution in [0.3, 0.4) is 0 Å². The summed E-state index contributed by atoms with van der Waals surface area (Å²) in [6.07, 6.45) is 5.10. The fourth-order valence-electron chi connectivity index (χ4n) is 3.11. The SMILES string of the molecule is CNC(=O)c1cccnc1NCCC1Cc2ccccc2C1. The summed E-state index contributed by atoms with van der Waals surface area (Å²) >= 11 is 0. The molecule has 0 saturated carbocycles. The van der Waals surface area contributed by atoms with Crippen LogP contribution in [0.25, 0.3) is 0 Å². The quantitative estimate of drug-likeness (QED) is 0.891. The van der Waals surface area contributed by atoms with Crippen molar-refractivity contribution in [1.29, 1.82) is 0 Å². The molecule has 1 aliphatic carbocycles. The second-order valence-corrected chi connectivity index (χ2v) is 5.74. The number of benzene rings is 1. The van der Waals surface area contributed by atoms with Crippen LogP contribution in [0.1, 0.15) is 27.9 Å². The summed E-state index contributed by atoms with van der Waals surface area (Å²) in [5, 5.41) is 5.96. The molecule has 0 bridgehead atoms. The van der Waals surface area contributed by atoms with Crippen LogP contribution in [0.15, 0.2) is 42.6 Å². The number of aromatic nitrogens is 1. The van der Waals surface area contributed by atoms with E-state index in [0.29, 0.717) is 17.3 Å².